The Kier molecular flexibility index (Phi) is 5.31. The average Bonchev–Trinajstić information content (AvgIpc) is 2.45. The molecule has 0 fully saturated rings. The minimum Gasteiger partial charge on any atom is -0.482 e. The maximum absolute atomic E-state index is 11.9. The Bertz CT molecular complexity index is 782. The van der Waals surface area contributed by atoms with Gasteiger partial charge in [-0.05, 0) is 31.4 Å². The molecule has 1 unspecified atom stereocenters. The lowest BCUT2D eigenvalue weighted by Gasteiger charge is -2.17. The summed E-state index contributed by atoms with van der Waals surface area (Å²) in [7, 11) is 0. The molecule has 0 aliphatic heterocycles. The van der Waals surface area contributed by atoms with Crippen LogP contribution in [0, 0.1) is 12.8 Å². The van der Waals surface area contributed by atoms with E-state index in [2.05, 4.69) is 5.32 Å². The van der Waals surface area contributed by atoms with Gasteiger partial charge in [-0.1, -0.05) is 25.4 Å². The van der Waals surface area contributed by atoms with Crippen molar-refractivity contribution in [3.63, 3.8) is 0 Å². The minimum absolute atomic E-state index is 0.0545. The van der Waals surface area contributed by atoms with Crippen LogP contribution in [0.15, 0.2) is 27.4 Å². The Morgan fingerprint density at radius 3 is 2.65 bits per heavy atom. The molecule has 1 aromatic heterocycles. The molecule has 0 saturated carbocycles. The lowest BCUT2D eigenvalue weighted by atomic mass is 10.1. The summed E-state index contributed by atoms with van der Waals surface area (Å²) in [5, 5.41) is 3.94. The van der Waals surface area contributed by atoms with Gasteiger partial charge in [0, 0.05) is 23.6 Å². The summed E-state index contributed by atoms with van der Waals surface area (Å²) in [6.45, 7) is 7.63. The fourth-order valence-corrected chi connectivity index (χ4v) is 2.25. The zero-order valence-corrected chi connectivity index (χ0v) is 14.4. The van der Waals surface area contributed by atoms with Gasteiger partial charge in [0.05, 0.1) is 5.02 Å². The third-order valence-corrected chi connectivity index (χ3v) is 4.05. The highest BCUT2D eigenvalue weighted by atomic mass is 35.5. The molecule has 5 nitrogen and oxygen atoms in total. The fraction of sp³-hybridized carbons (Fsp3) is 0.412. The Hall–Kier alpha value is -2.01. The Morgan fingerprint density at radius 2 is 2.00 bits per heavy atom. The van der Waals surface area contributed by atoms with Crippen molar-refractivity contribution >= 4 is 28.5 Å². The van der Waals surface area contributed by atoms with Gasteiger partial charge < -0.3 is 14.5 Å². The van der Waals surface area contributed by atoms with E-state index in [-0.39, 0.29) is 18.6 Å². The van der Waals surface area contributed by atoms with Crippen LogP contribution in [0.3, 0.4) is 0 Å². The van der Waals surface area contributed by atoms with Crippen LogP contribution in [0.5, 0.6) is 5.75 Å². The Morgan fingerprint density at radius 1 is 1.30 bits per heavy atom. The standard InChI is InChI=1S/C17H20ClNO4/c1-9(2)11(4)19-16(20)8-22-15-7-14-12(6-13(15)18)10(3)5-17(21)23-14/h5-7,9,11H,8H2,1-4H3,(H,19,20). The monoisotopic (exact) mass is 337 g/mol. The number of fused-ring (bicyclic) bond motifs is 1. The summed E-state index contributed by atoms with van der Waals surface area (Å²) in [4.78, 5) is 23.3. The van der Waals surface area contributed by atoms with Crippen LogP contribution in [0.4, 0.5) is 0 Å². The third-order valence-electron chi connectivity index (χ3n) is 3.75. The summed E-state index contributed by atoms with van der Waals surface area (Å²) in [5.74, 6) is 0.411. The number of halogens is 1. The number of amides is 1. The number of carbonyl (C=O) groups excluding carboxylic acids is 1. The molecular formula is C17H20ClNO4. The lowest BCUT2D eigenvalue weighted by molar-refractivity contribution is -0.124. The smallest absolute Gasteiger partial charge is 0.336 e. The molecular weight excluding hydrogens is 318 g/mol. The molecule has 1 amide bonds. The molecule has 0 bridgehead atoms. The predicted molar refractivity (Wildman–Crippen MR) is 90.2 cm³/mol. The van der Waals surface area contributed by atoms with Gasteiger partial charge in [0.25, 0.3) is 5.91 Å². The van der Waals surface area contributed by atoms with E-state index in [1.807, 2.05) is 20.8 Å². The SMILES string of the molecule is Cc1cc(=O)oc2cc(OCC(=O)NC(C)C(C)C)c(Cl)cc12. The normalized spacial score (nSPS) is 12.4. The topological polar surface area (TPSA) is 68.5 Å². The second kappa shape index (κ2) is 7.04. The van der Waals surface area contributed by atoms with E-state index >= 15 is 0 Å². The van der Waals surface area contributed by atoms with Crippen molar-refractivity contribution in [3.8, 4) is 5.75 Å². The zero-order valence-electron chi connectivity index (χ0n) is 13.6. The molecule has 0 aliphatic rings. The maximum Gasteiger partial charge on any atom is 0.336 e. The van der Waals surface area contributed by atoms with Gasteiger partial charge in [0.15, 0.2) is 6.61 Å². The Balaban J connectivity index is 2.16. The number of rotatable bonds is 5. The number of hydrogen-bond donors (Lipinski definition) is 1. The molecule has 124 valence electrons. The summed E-state index contributed by atoms with van der Waals surface area (Å²) in [5.41, 5.74) is 0.713. The lowest BCUT2D eigenvalue weighted by Crippen LogP contribution is -2.38. The molecule has 0 saturated heterocycles. The van der Waals surface area contributed by atoms with Crippen LogP contribution in [0.25, 0.3) is 11.0 Å². The molecule has 1 atom stereocenters. The molecule has 23 heavy (non-hydrogen) atoms. The van der Waals surface area contributed by atoms with E-state index in [9.17, 15) is 9.59 Å². The van der Waals surface area contributed by atoms with E-state index < -0.39 is 5.63 Å². The first kappa shape index (κ1) is 17.3. The first-order valence-electron chi connectivity index (χ1n) is 7.44. The third kappa shape index (κ3) is 4.26. The molecule has 0 aliphatic carbocycles. The second-order valence-electron chi connectivity index (χ2n) is 5.92. The number of ether oxygens (including phenoxy) is 1. The molecule has 6 heteroatoms. The quantitative estimate of drug-likeness (QED) is 0.850. The largest absolute Gasteiger partial charge is 0.482 e. The highest BCUT2D eigenvalue weighted by molar-refractivity contribution is 6.32. The molecule has 0 spiro atoms. The van der Waals surface area contributed by atoms with Crippen LogP contribution < -0.4 is 15.7 Å². The van der Waals surface area contributed by atoms with Gasteiger partial charge in [-0.15, -0.1) is 0 Å². The van der Waals surface area contributed by atoms with Crippen LogP contribution in [-0.4, -0.2) is 18.6 Å². The van der Waals surface area contributed by atoms with Crippen LogP contribution >= 0.6 is 11.6 Å². The van der Waals surface area contributed by atoms with E-state index in [4.69, 9.17) is 20.8 Å². The highest BCUT2D eigenvalue weighted by Gasteiger charge is 2.13. The second-order valence-corrected chi connectivity index (χ2v) is 6.32. The van der Waals surface area contributed by atoms with Crippen molar-refractivity contribution in [3.05, 3.63) is 39.2 Å². The van der Waals surface area contributed by atoms with E-state index in [0.717, 1.165) is 10.9 Å². The van der Waals surface area contributed by atoms with Gasteiger partial charge >= 0.3 is 5.63 Å². The van der Waals surface area contributed by atoms with Crippen molar-refractivity contribution in [2.75, 3.05) is 6.61 Å². The highest BCUT2D eigenvalue weighted by Crippen LogP contribution is 2.30. The van der Waals surface area contributed by atoms with E-state index in [1.165, 1.54) is 12.1 Å². The minimum atomic E-state index is -0.438. The number of nitrogens with one attached hydrogen (secondary N) is 1. The van der Waals surface area contributed by atoms with Crippen molar-refractivity contribution in [1.29, 1.82) is 0 Å². The molecule has 2 aromatic rings. The van der Waals surface area contributed by atoms with E-state index in [0.29, 0.717) is 22.3 Å². The summed E-state index contributed by atoms with van der Waals surface area (Å²) >= 11 is 6.18. The van der Waals surface area contributed by atoms with Gasteiger partial charge in [-0.25, -0.2) is 4.79 Å². The van der Waals surface area contributed by atoms with Gasteiger partial charge in [0.1, 0.15) is 11.3 Å². The number of aryl methyl sites for hydroxylation is 1. The molecule has 1 heterocycles. The molecule has 1 aromatic carbocycles. The molecule has 1 N–H and O–H groups in total. The summed E-state index contributed by atoms with van der Waals surface area (Å²) in [6.07, 6.45) is 0. The van der Waals surface area contributed by atoms with Crippen molar-refractivity contribution < 1.29 is 13.9 Å². The molecule has 2 rings (SSSR count). The number of benzene rings is 1. The summed E-state index contributed by atoms with van der Waals surface area (Å²) < 4.78 is 10.6. The van der Waals surface area contributed by atoms with E-state index in [1.54, 1.807) is 13.0 Å². The van der Waals surface area contributed by atoms with Crippen LogP contribution in [-0.2, 0) is 4.79 Å². The first-order valence-corrected chi connectivity index (χ1v) is 7.82. The number of carbonyl (C=O) groups is 1. The zero-order chi connectivity index (χ0) is 17.1. The first-order chi connectivity index (χ1) is 10.8. The van der Waals surface area contributed by atoms with Crippen molar-refractivity contribution in [2.45, 2.75) is 33.7 Å². The average molecular weight is 338 g/mol. The van der Waals surface area contributed by atoms with Crippen LogP contribution in [0.1, 0.15) is 26.3 Å². The van der Waals surface area contributed by atoms with Crippen LogP contribution in [0.2, 0.25) is 5.02 Å². The maximum atomic E-state index is 11.9. The summed E-state index contributed by atoms with van der Waals surface area (Å²) in [6, 6.07) is 4.66. The van der Waals surface area contributed by atoms with Crippen molar-refractivity contribution in [1.82, 2.24) is 5.32 Å². The molecule has 0 radical (unpaired) electrons. The Labute approximate surface area is 139 Å². The number of hydrogen-bond acceptors (Lipinski definition) is 4. The van der Waals surface area contributed by atoms with Gasteiger partial charge in [0.2, 0.25) is 0 Å². The van der Waals surface area contributed by atoms with Crippen molar-refractivity contribution in [2.24, 2.45) is 5.92 Å². The van der Waals surface area contributed by atoms with Gasteiger partial charge in [-0.3, -0.25) is 4.79 Å². The van der Waals surface area contributed by atoms with Gasteiger partial charge in [-0.2, -0.15) is 0 Å². The predicted octanol–water partition coefficient (Wildman–Crippen LogP) is 3.29. The fourth-order valence-electron chi connectivity index (χ4n) is 2.04.